The van der Waals surface area contributed by atoms with Crippen molar-refractivity contribution in [1.29, 1.82) is 0 Å². The highest BCUT2D eigenvalue weighted by molar-refractivity contribution is 5.95. The van der Waals surface area contributed by atoms with Crippen molar-refractivity contribution in [3.8, 4) is 28.4 Å². The van der Waals surface area contributed by atoms with E-state index >= 15 is 0 Å². The third kappa shape index (κ3) is 5.04. The van der Waals surface area contributed by atoms with Gasteiger partial charge >= 0.3 is 0 Å². The summed E-state index contributed by atoms with van der Waals surface area (Å²) < 4.78 is 17.2. The Balaban J connectivity index is 1.51. The lowest BCUT2D eigenvalue weighted by molar-refractivity contribution is -0.121. The molecule has 7 nitrogen and oxygen atoms in total. The van der Waals surface area contributed by atoms with E-state index in [2.05, 4.69) is 29.4 Å². The topological polar surface area (TPSA) is 85.5 Å². The molecule has 32 heavy (non-hydrogen) atoms. The molecule has 1 aliphatic heterocycles. The van der Waals surface area contributed by atoms with Gasteiger partial charge in [0.1, 0.15) is 23.9 Å². The van der Waals surface area contributed by atoms with Gasteiger partial charge in [-0.05, 0) is 60.2 Å². The molecule has 1 aromatic heterocycles. The molecule has 1 aliphatic rings. The average molecular weight is 436 g/mol. The fourth-order valence-corrected chi connectivity index (χ4v) is 3.64. The number of fused-ring (bicyclic) bond motifs is 1. The van der Waals surface area contributed by atoms with E-state index < -0.39 is 0 Å². The van der Waals surface area contributed by atoms with Crippen molar-refractivity contribution in [1.82, 2.24) is 10.2 Å². The van der Waals surface area contributed by atoms with Crippen LogP contribution < -0.4 is 19.5 Å². The normalized spacial score (nSPS) is 15.1. The minimum atomic E-state index is -0.299. The van der Waals surface area contributed by atoms with Crippen molar-refractivity contribution in [2.24, 2.45) is 11.8 Å². The average Bonchev–Trinajstić information content (AvgIpc) is 3.34. The minimum absolute atomic E-state index is 0.0942. The van der Waals surface area contributed by atoms with Gasteiger partial charge in [-0.25, -0.2) is 0 Å². The summed E-state index contributed by atoms with van der Waals surface area (Å²) in [5.41, 5.74) is 3.56. The Bertz CT molecular complexity index is 1060. The van der Waals surface area contributed by atoms with Crippen LogP contribution in [-0.4, -0.2) is 36.4 Å². The quantitative estimate of drug-likeness (QED) is 0.536. The predicted octanol–water partition coefficient (Wildman–Crippen LogP) is 4.70. The van der Waals surface area contributed by atoms with Crippen LogP contribution in [0.5, 0.6) is 17.2 Å². The Morgan fingerprint density at radius 1 is 1.25 bits per heavy atom. The molecule has 2 N–H and O–H groups in total. The number of aromatic amines is 1. The summed E-state index contributed by atoms with van der Waals surface area (Å²) >= 11 is 0. The van der Waals surface area contributed by atoms with Crippen molar-refractivity contribution in [2.75, 3.05) is 25.6 Å². The van der Waals surface area contributed by atoms with E-state index in [1.807, 2.05) is 42.6 Å². The number of hydrogen-bond donors (Lipinski definition) is 2. The van der Waals surface area contributed by atoms with Crippen molar-refractivity contribution in [3.05, 3.63) is 54.4 Å². The molecule has 2 heterocycles. The third-order valence-corrected chi connectivity index (χ3v) is 5.57. The minimum Gasteiger partial charge on any atom is -0.497 e. The van der Waals surface area contributed by atoms with Crippen LogP contribution in [-0.2, 0) is 11.2 Å². The fraction of sp³-hybridized carbons (Fsp3) is 0.360. The molecular weight excluding hydrogens is 406 g/mol. The zero-order chi connectivity index (χ0) is 22.5. The monoisotopic (exact) mass is 435 g/mol. The number of anilines is 1. The number of carbonyl (C=O) groups excluding carboxylic acids is 1. The Morgan fingerprint density at radius 3 is 2.88 bits per heavy atom. The van der Waals surface area contributed by atoms with Crippen LogP contribution in [0.15, 0.2) is 48.8 Å². The van der Waals surface area contributed by atoms with Gasteiger partial charge in [-0.1, -0.05) is 19.9 Å². The smallest absolute Gasteiger partial charge is 0.231 e. The standard InChI is InChI=1S/C25H29N3O4/c1-16(2)8-9-31-24-12-17(20-13-26-27-14-20)4-6-22(24)28-25(29)19-10-18-11-21(30-3)5-7-23(18)32-15-19/h4-7,11-14,16,19H,8-10,15H2,1-3H3,(H,26,27)(H,28,29). The molecule has 1 amide bonds. The van der Waals surface area contributed by atoms with Gasteiger partial charge in [0.15, 0.2) is 0 Å². The lowest BCUT2D eigenvalue weighted by Gasteiger charge is -2.25. The molecule has 168 valence electrons. The zero-order valence-corrected chi connectivity index (χ0v) is 18.7. The summed E-state index contributed by atoms with van der Waals surface area (Å²) in [6.07, 6.45) is 5.11. The fourth-order valence-electron chi connectivity index (χ4n) is 3.64. The van der Waals surface area contributed by atoms with Crippen LogP contribution in [0.2, 0.25) is 0 Å². The zero-order valence-electron chi connectivity index (χ0n) is 18.7. The summed E-state index contributed by atoms with van der Waals surface area (Å²) in [4.78, 5) is 13.1. The van der Waals surface area contributed by atoms with Gasteiger partial charge in [0.2, 0.25) is 5.91 Å². The molecule has 0 bridgehead atoms. The summed E-state index contributed by atoms with van der Waals surface area (Å²) in [6.45, 7) is 5.23. The van der Waals surface area contributed by atoms with Crippen LogP contribution in [0.3, 0.4) is 0 Å². The predicted molar refractivity (Wildman–Crippen MR) is 123 cm³/mol. The number of carbonyl (C=O) groups is 1. The van der Waals surface area contributed by atoms with Crippen molar-refractivity contribution in [3.63, 3.8) is 0 Å². The summed E-state index contributed by atoms with van der Waals surface area (Å²) in [6, 6.07) is 11.4. The number of hydrogen-bond acceptors (Lipinski definition) is 5. The van der Waals surface area contributed by atoms with Crippen LogP contribution in [0.4, 0.5) is 5.69 Å². The number of rotatable bonds is 8. The molecule has 0 saturated heterocycles. The van der Waals surface area contributed by atoms with Crippen molar-refractivity contribution < 1.29 is 19.0 Å². The van der Waals surface area contributed by atoms with Gasteiger partial charge in [0, 0.05) is 11.8 Å². The van der Waals surface area contributed by atoms with E-state index in [1.54, 1.807) is 13.3 Å². The van der Waals surface area contributed by atoms with Crippen LogP contribution in [0.1, 0.15) is 25.8 Å². The SMILES string of the molecule is COc1ccc2c(c1)CC(C(=O)Nc1ccc(-c3cn[nH]c3)cc1OCCC(C)C)CO2. The molecule has 0 spiro atoms. The Labute approximate surface area is 188 Å². The van der Waals surface area contributed by atoms with Gasteiger partial charge in [-0.3, -0.25) is 9.89 Å². The molecule has 1 atom stereocenters. The second-order valence-corrected chi connectivity index (χ2v) is 8.40. The number of nitrogens with one attached hydrogen (secondary N) is 2. The van der Waals surface area contributed by atoms with Gasteiger partial charge in [-0.2, -0.15) is 5.10 Å². The number of methoxy groups -OCH3 is 1. The summed E-state index contributed by atoms with van der Waals surface area (Å²) in [7, 11) is 1.63. The molecule has 1 unspecified atom stereocenters. The van der Waals surface area contributed by atoms with Gasteiger partial charge < -0.3 is 19.5 Å². The highest BCUT2D eigenvalue weighted by atomic mass is 16.5. The second kappa shape index (κ2) is 9.77. The highest BCUT2D eigenvalue weighted by Gasteiger charge is 2.27. The van der Waals surface area contributed by atoms with E-state index in [9.17, 15) is 4.79 Å². The molecule has 0 radical (unpaired) electrons. The highest BCUT2D eigenvalue weighted by Crippen LogP contribution is 2.34. The molecule has 0 aliphatic carbocycles. The maximum Gasteiger partial charge on any atom is 0.231 e. The lowest BCUT2D eigenvalue weighted by Crippen LogP contribution is -2.32. The third-order valence-electron chi connectivity index (χ3n) is 5.57. The second-order valence-electron chi connectivity index (χ2n) is 8.40. The molecule has 0 saturated carbocycles. The first kappa shape index (κ1) is 21.7. The van der Waals surface area contributed by atoms with Crippen LogP contribution in [0, 0.1) is 11.8 Å². The van der Waals surface area contributed by atoms with Gasteiger partial charge in [0.25, 0.3) is 0 Å². The van der Waals surface area contributed by atoms with Crippen LogP contribution >= 0.6 is 0 Å². The Hall–Kier alpha value is -3.48. The van der Waals surface area contributed by atoms with E-state index in [-0.39, 0.29) is 11.8 Å². The molecule has 7 heteroatoms. The first-order chi connectivity index (χ1) is 15.5. The maximum absolute atomic E-state index is 13.1. The van der Waals surface area contributed by atoms with Crippen molar-refractivity contribution >= 4 is 11.6 Å². The number of ether oxygens (including phenoxy) is 3. The number of aromatic nitrogens is 2. The largest absolute Gasteiger partial charge is 0.497 e. The lowest BCUT2D eigenvalue weighted by atomic mass is 9.95. The summed E-state index contributed by atoms with van der Waals surface area (Å²) in [5.74, 6) is 2.34. The molecule has 3 aromatic rings. The van der Waals surface area contributed by atoms with E-state index in [4.69, 9.17) is 14.2 Å². The Morgan fingerprint density at radius 2 is 2.12 bits per heavy atom. The van der Waals surface area contributed by atoms with Crippen LogP contribution in [0.25, 0.3) is 11.1 Å². The van der Waals surface area contributed by atoms with E-state index in [0.717, 1.165) is 34.6 Å². The van der Waals surface area contributed by atoms with Gasteiger partial charge in [0.05, 0.1) is 31.5 Å². The molecule has 0 fully saturated rings. The van der Waals surface area contributed by atoms with E-state index in [0.29, 0.717) is 37.0 Å². The van der Waals surface area contributed by atoms with E-state index in [1.165, 1.54) is 0 Å². The molecule has 4 rings (SSSR count). The van der Waals surface area contributed by atoms with Gasteiger partial charge in [-0.15, -0.1) is 0 Å². The maximum atomic E-state index is 13.1. The number of H-pyrrole nitrogens is 1. The molecule has 2 aromatic carbocycles. The number of amides is 1. The van der Waals surface area contributed by atoms with Crippen molar-refractivity contribution in [2.45, 2.75) is 26.7 Å². The Kier molecular flexibility index (Phi) is 6.63. The summed E-state index contributed by atoms with van der Waals surface area (Å²) in [5, 5.41) is 9.90. The first-order valence-corrected chi connectivity index (χ1v) is 10.9. The molecular formula is C25H29N3O4. The first-order valence-electron chi connectivity index (χ1n) is 10.9. The number of benzene rings is 2. The number of nitrogens with zero attached hydrogens (tertiary/aromatic N) is 1.